The second kappa shape index (κ2) is 13.2. The van der Waals surface area contributed by atoms with Gasteiger partial charge in [-0.1, -0.05) is 47.9 Å². The number of hydrogen-bond acceptors (Lipinski definition) is 5. The molecule has 230 valence electrons. The number of allylic oxidation sites excluding steroid dienone is 4. The summed E-state index contributed by atoms with van der Waals surface area (Å²) >= 11 is 4.79. The van der Waals surface area contributed by atoms with E-state index in [4.69, 9.17) is 32.6 Å². The molecule has 0 fully saturated rings. The maximum Gasteiger partial charge on any atom is 2.00 e. The second-order valence-corrected chi connectivity index (χ2v) is 12.0. The molecule has 5 heterocycles. The number of aromatic nitrogens is 4. The van der Waals surface area contributed by atoms with Crippen molar-refractivity contribution in [2.45, 2.75) is 78.9 Å². The molecule has 0 saturated carbocycles. The van der Waals surface area contributed by atoms with Crippen molar-refractivity contribution in [2.75, 3.05) is 0 Å². The summed E-state index contributed by atoms with van der Waals surface area (Å²) < 4.78 is 0. The van der Waals surface area contributed by atoms with Gasteiger partial charge < -0.3 is 20.2 Å². The number of carbonyl (C=O) groups is 2. The van der Waals surface area contributed by atoms with E-state index in [-0.39, 0.29) is 35.2 Å². The Bertz CT molecular complexity index is 1900. The molecule has 8 bridgehead atoms. The standard InChI is InChI=1S/C34H38N4O4S.Fe/c1-7-21-16(2)26-14-31-34(20(6)43)19(5)27(38-31)12-24-17(3)22(8-10-32(39)40)29(36-24)15-30-23(9-11-33(41)42)18(4)25(37-30)13-28(21)35-26;/h12-15,20H,7-11H2,1-6H3,(H5,35,36,37,38,39,40,41,42,43);/q;+2/p-2/t20-;/m0./s1. The van der Waals surface area contributed by atoms with Crippen LogP contribution in [0, 0.1) is 13.8 Å². The monoisotopic (exact) mass is 652 g/mol. The van der Waals surface area contributed by atoms with Crippen molar-refractivity contribution in [1.29, 1.82) is 0 Å². The molecule has 8 nitrogen and oxygen atoms in total. The molecule has 2 aliphatic rings. The van der Waals surface area contributed by atoms with Gasteiger partial charge in [0.05, 0.1) is 22.8 Å². The SMILES string of the molecule is CCC1=C(C)c2cc3[n-]c(cc4nc(cc5[n-]c(cc1n2)c(C)c5CCC(=O)O)C(CCC(=O)O)=C4C)c(C)c3[C@H](C)S.[Fe+2]. The third-order valence-corrected chi connectivity index (χ3v) is 8.77. The van der Waals surface area contributed by atoms with Crippen molar-refractivity contribution in [3.05, 3.63) is 69.3 Å². The minimum absolute atomic E-state index is 0. The summed E-state index contributed by atoms with van der Waals surface area (Å²) in [5.41, 5.74) is 13.7. The van der Waals surface area contributed by atoms with E-state index in [2.05, 4.69) is 13.8 Å². The van der Waals surface area contributed by atoms with E-state index in [9.17, 15) is 19.8 Å². The first-order chi connectivity index (χ1) is 20.4. The average molecular weight is 653 g/mol. The van der Waals surface area contributed by atoms with Gasteiger partial charge in [-0.25, -0.2) is 9.97 Å². The van der Waals surface area contributed by atoms with Gasteiger partial charge in [-0.2, -0.15) is 12.6 Å². The number of rotatable bonds is 8. The first kappa shape index (κ1) is 33.3. The molecule has 1 atom stereocenters. The summed E-state index contributed by atoms with van der Waals surface area (Å²) in [5.74, 6) is -1.77. The third kappa shape index (κ3) is 6.29. The van der Waals surface area contributed by atoms with Crippen molar-refractivity contribution in [1.82, 2.24) is 19.9 Å². The molecule has 0 aromatic carbocycles. The van der Waals surface area contributed by atoms with Crippen LogP contribution in [0.3, 0.4) is 0 Å². The predicted octanol–water partition coefficient (Wildman–Crippen LogP) is 7.33. The van der Waals surface area contributed by atoms with Crippen LogP contribution in [0.25, 0.3) is 44.4 Å². The van der Waals surface area contributed by atoms with Crippen LogP contribution >= 0.6 is 12.6 Å². The van der Waals surface area contributed by atoms with Gasteiger partial charge in [-0.05, 0) is 81.7 Å². The summed E-state index contributed by atoms with van der Waals surface area (Å²) in [6.45, 7) is 12.2. The molecule has 2 aliphatic heterocycles. The molecule has 0 aliphatic carbocycles. The third-order valence-electron chi connectivity index (χ3n) is 8.51. The first-order valence-corrected chi connectivity index (χ1v) is 15.1. The van der Waals surface area contributed by atoms with Crippen molar-refractivity contribution in [2.24, 2.45) is 0 Å². The molecule has 2 N–H and O–H groups in total. The minimum atomic E-state index is -0.888. The fraction of sp³-hybridized carbons (Fsp3) is 0.353. The summed E-state index contributed by atoms with van der Waals surface area (Å²) in [7, 11) is 0. The Balaban J connectivity index is 0.00000442. The number of carboxylic acid groups (broad SMARTS) is 2. The molecule has 0 spiro atoms. The molecular weight excluding hydrogens is 616 g/mol. The smallest absolute Gasteiger partial charge is 0.657 e. The zero-order chi connectivity index (χ0) is 31.2. The van der Waals surface area contributed by atoms with E-state index in [1.807, 2.05) is 52.0 Å². The van der Waals surface area contributed by atoms with Gasteiger partial charge in [-0.15, -0.1) is 22.1 Å². The van der Waals surface area contributed by atoms with Crippen LogP contribution in [0.15, 0.2) is 24.3 Å². The van der Waals surface area contributed by atoms with Gasteiger partial charge in [0.2, 0.25) is 0 Å². The zero-order valence-corrected chi connectivity index (χ0v) is 27.7. The van der Waals surface area contributed by atoms with Gasteiger partial charge in [0, 0.05) is 18.1 Å². The van der Waals surface area contributed by atoms with E-state index in [0.29, 0.717) is 29.7 Å². The molecule has 0 unspecified atom stereocenters. The quantitative estimate of drug-likeness (QED) is 0.171. The molecular formula is C34H36FeN4O4S. The number of aliphatic carboxylic acids is 2. The van der Waals surface area contributed by atoms with Gasteiger partial charge >= 0.3 is 29.0 Å². The van der Waals surface area contributed by atoms with Crippen LogP contribution in [-0.2, 0) is 33.1 Å². The number of fused-ring (bicyclic) bond motifs is 8. The predicted molar refractivity (Wildman–Crippen MR) is 174 cm³/mol. The number of thiol groups is 1. The van der Waals surface area contributed by atoms with Crippen LogP contribution in [-0.4, -0.2) is 32.1 Å². The van der Waals surface area contributed by atoms with E-state index >= 15 is 0 Å². The zero-order valence-electron chi connectivity index (χ0n) is 25.7. The summed E-state index contributed by atoms with van der Waals surface area (Å²) in [5, 5.41) is 18.9. The Morgan fingerprint density at radius 1 is 0.750 bits per heavy atom. The van der Waals surface area contributed by atoms with E-state index in [1.165, 1.54) is 0 Å². The van der Waals surface area contributed by atoms with Crippen LogP contribution in [0.5, 0.6) is 0 Å². The topological polar surface area (TPSA) is 129 Å². The van der Waals surface area contributed by atoms with Crippen LogP contribution in [0.2, 0.25) is 0 Å². The van der Waals surface area contributed by atoms with E-state index < -0.39 is 11.9 Å². The largest absolute Gasteiger partial charge is 2.00 e. The Kier molecular flexibility index (Phi) is 9.98. The number of aryl methyl sites for hydroxylation is 3. The van der Waals surface area contributed by atoms with Gasteiger partial charge in [0.25, 0.3) is 0 Å². The molecule has 3 aromatic rings. The van der Waals surface area contributed by atoms with Crippen molar-refractivity contribution >= 4 is 68.9 Å². The molecule has 10 heteroatoms. The maximum absolute atomic E-state index is 11.6. The molecule has 0 amide bonds. The van der Waals surface area contributed by atoms with Crippen molar-refractivity contribution < 1.29 is 36.9 Å². The number of hydrogen-bond donors (Lipinski definition) is 3. The number of carboxylic acids is 2. The van der Waals surface area contributed by atoms with Crippen LogP contribution < -0.4 is 9.97 Å². The Morgan fingerprint density at radius 2 is 1.23 bits per heavy atom. The summed E-state index contributed by atoms with van der Waals surface area (Å²) in [6, 6.07) is 7.84. The van der Waals surface area contributed by atoms with Gasteiger partial charge in [-0.3, -0.25) is 9.59 Å². The first-order valence-electron chi connectivity index (χ1n) is 14.6. The molecule has 5 rings (SSSR count). The fourth-order valence-electron chi connectivity index (χ4n) is 6.10. The molecule has 44 heavy (non-hydrogen) atoms. The van der Waals surface area contributed by atoms with Crippen LogP contribution in [0.4, 0.5) is 0 Å². The van der Waals surface area contributed by atoms with Gasteiger partial charge in [0.1, 0.15) is 0 Å². The maximum atomic E-state index is 11.6. The normalized spacial score (nSPS) is 13.7. The van der Waals surface area contributed by atoms with E-state index in [0.717, 1.165) is 78.9 Å². The second-order valence-electron chi connectivity index (χ2n) is 11.3. The minimum Gasteiger partial charge on any atom is -0.657 e. The summed E-state index contributed by atoms with van der Waals surface area (Å²) in [4.78, 5) is 43.1. The average Bonchev–Trinajstić information content (AvgIpc) is 3.59. The summed E-state index contributed by atoms with van der Waals surface area (Å²) in [6.07, 6.45) is 1.34. The van der Waals surface area contributed by atoms with E-state index in [1.54, 1.807) is 0 Å². The molecule has 0 radical (unpaired) electrons. The van der Waals surface area contributed by atoms with Crippen molar-refractivity contribution in [3.8, 4) is 0 Å². The Labute approximate surface area is 273 Å². The molecule has 0 saturated heterocycles. The fourth-order valence-corrected chi connectivity index (χ4v) is 6.43. The number of nitrogens with zero attached hydrogens (tertiary/aromatic N) is 4. The van der Waals surface area contributed by atoms with Crippen LogP contribution in [0.1, 0.15) is 104 Å². The van der Waals surface area contributed by atoms with Crippen molar-refractivity contribution in [3.63, 3.8) is 0 Å². The van der Waals surface area contributed by atoms with Gasteiger partial charge in [0.15, 0.2) is 0 Å². The Hall–Kier alpha value is -3.59. The Morgan fingerprint density at radius 3 is 1.82 bits per heavy atom. The molecule has 3 aromatic heterocycles.